The summed E-state index contributed by atoms with van der Waals surface area (Å²) in [6, 6.07) is 112. The topological polar surface area (TPSA) is 216 Å². The number of fused-ring (bicyclic) bond motifs is 32. The van der Waals surface area contributed by atoms with Crippen LogP contribution in [0.15, 0.2) is 291 Å². The van der Waals surface area contributed by atoms with Crippen LogP contribution in [-0.4, -0.2) is 9.97 Å². The molecule has 0 aliphatic carbocycles. The molecule has 0 fully saturated rings. The van der Waals surface area contributed by atoms with Gasteiger partial charge in [0.05, 0.1) is 55.5 Å². The van der Waals surface area contributed by atoms with Crippen molar-refractivity contribution < 1.29 is 0 Å². The Labute approximate surface area is 636 Å². The molecule has 19 aromatic carbocycles. The lowest BCUT2D eigenvalue weighted by Gasteiger charge is -2.14. The summed E-state index contributed by atoms with van der Waals surface area (Å²) in [6.07, 6.45) is 3.55. The average Bonchev–Trinajstić information content (AvgIpc) is 1.68. The number of aromatic nitrogens is 2. The van der Waals surface area contributed by atoms with E-state index in [2.05, 4.69) is 216 Å². The van der Waals surface area contributed by atoms with Gasteiger partial charge in [-0.3, -0.25) is 9.97 Å². The summed E-state index contributed by atoms with van der Waals surface area (Å²) in [6.45, 7) is 0. The Morgan fingerprint density at radius 3 is 0.910 bits per heavy atom. The number of hydrogen-bond donors (Lipinski definition) is 0. The smallest absolute Gasteiger partial charge is 0.101 e. The standard InChI is InChI=1S/C30H14N2S.C24H12N2.2C23H11N3/c31-15-18-11-23-25-14-29-26(21-7-3-4-8-28(21)33-29)13-24(25)22-10-9-17-5-1-2-6-20(17)30(22)27(23)12-19(18)16-32;25-13-17-11-22-20-8-4-3-7-19(20)21-9-15-5-1-2-6-16(15)10-23(21)24(22)12-18(17)14-26;24-12-16-10-19-18-6-3-7-26-23(18)22-9-15-5-2-1-4-14(15)8-21(22)20(19)11-17(16)13-25;24-12-16-10-21-20-9-15-5-2-1-4-14(15)8-19(20)18-6-3-7-26-23(18)22(21)11-17(16)13-25/h1-14H;1-12H;2*1-11H. The first-order valence-electron chi connectivity index (χ1n) is 35.7. The molecule has 22 rings (SSSR count). The van der Waals surface area contributed by atoms with Crippen LogP contribution in [0.1, 0.15) is 44.5 Å². The third kappa shape index (κ3) is 10.6. The summed E-state index contributed by atoms with van der Waals surface area (Å²) in [7, 11) is 0. The molecule has 10 nitrogen and oxygen atoms in total. The first-order valence-corrected chi connectivity index (χ1v) is 36.5. The van der Waals surface area contributed by atoms with E-state index in [1.165, 1.54) is 52.5 Å². The Hall–Kier alpha value is -16.2. The summed E-state index contributed by atoms with van der Waals surface area (Å²) in [4.78, 5) is 9.19. The zero-order valence-electron chi connectivity index (χ0n) is 58.6. The average molecular weight is 1420 g/mol. The summed E-state index contributed by atoms with van der Waals surface area (Å²) in [5.41, 5.74) is 5.01. The van der Waals surface area contributed by atoms with E-state index in [0.29, 0.717) is 44.5 Å². The van der Waals surface area contributed by atoms with Crippen LogP contribution in [0.2, 0.25) is 0 Å². The fourth-order valence-electron chi connectivity index (χ4n) is 16.5. The third-order valence-corrected chi connectivity index (χ3v) is 22.8. The second-order valence-electron chi connectivity index (χ2n) is 27.4. The summed E-state index contributed by atoms with van der Waals surface area (Å²) >= 11 is 1.79. The van der Waals surface area contributed by atoms with Gasteiger partial charge in [0.25, 0.3) is 0 Å². The van der Waals surface area contributed by atoms with Crippen LogP contribution < -0.4 is 0 Å². The van der Waals surface area contributed by atoms with Gasteiger partial charge in [0.15, 0.2) is 0 Å². The lowest BCUT2D eigenvalue weighted by molar-refractivity contribution is 1.42. The van der Waals surface area contributed by atoms with Crippen molar-refractivity contribution in [2.45, 2.75) is 0 Å². The maximum Gasteiger partial charge on any atom is 0.101 e. The van der Waals surface area contributed by atoms with Gasteiger partial charge in [-0.15, -0.1) is 11.3 Å². The molecule has 0 aliphatic heterocycles. The van der Waals surface area contributed by atoms with Crippen LogP contribution in [0.4, 0.5) is 0 Å². The Balaban J connectivity index is 0.000000101. The highest BCUT2D eigenvalue weighted by molar-refractivity contribution is 7.25. The molecule has 0 atom stereocenters. The van der Waals surface area contributed by atoms with Crippen LogP contribution in [0.3, 0.4) is 0 Å². The molecule has 0 aliphatic rings. The molecule has 0 amide bonds. The first kappa shape index (κ1) is 65.5. The van der Waals surface area contributed by atoms with E-state index < -0.39 is 0 Å². The minimum absolute atomic E-state index is 0.382. The molecule has 0 spiro atoms. The molecule has 3 aromatic heterocycles. The second-order valence-corrected chi connectivity index (χ2v) is 28.5. The largest absolute Gasteiger partial charge is 0.256 e. The highest BCUT2D eigenvalue weighted by Gasteiger charge is 2.21. The van der Waals surface area contributed by atoms with Crippen LogP contribution in [0.25, 0.3) is 193 Å². The molecule has 0 saturated carbocycles. The predicted octanol–water partition coefficient (Wildman–Crippen LogP) is 25.3. The van der Waals surface area contributed by atoms with E-state index in [1.54, 1.807) is 29.8 Å². The molecule has 0 bridgehead atoms. The molecular weight excluding hydrogens is 1370 g/mol. The number of thiophene rings is 1. The van der Waals surface area contributed by atoms with Crippen LogP contribution in [0.5, 0.6) is 0 Å². The van der Waals surface area contributed by atoms with Crippen LogP contribution in [0, 0.1) is 90.6 Å². The van der Waals surface area contributed by atoms with Gasteiger partial charge in [0.2, 0.25) is 0 Å². The molecule has 0 saturated heterocycles. The van der Waals surface area contributed by atoms with E-state index in [-0.39, 0.29) is 0 Å². The normalized spacial score (nSPS) is 11.2. The number of benzene rings is 19. The number of rotatable bonds is 0. The number of nitriles is 8. The fraction of sp³-hybridized carbons (Fsp3) is 0. The number of hydrogen-bond acceptors (Lipinski definition) is 11. The number of nitrogens with zero attached hydrogens (tertiary/aromatic N) is 10. The van der Waals surface area contributed by atoms with Crippen molar-refractivity contribution in [2.24, 2.45) is 0 Å². The van der Waals surface area contributed by atoms with Gasteiger partial charge >= 0.3 is 0 Å². The zero-order chi connectivity index (χ0) is 75.1. The number of pyridine rings is 2. The quantitative estimate of drug-likeness (QED) is 0.103. The summed E-state index contributed by atoms with van der Waals surface area (Å²) in [5.74, 6) is 0. The molecule has 0 radical (unpaired) electrons. The highest BCUT2D eigenvalue weighted by Crippen LogP contribution is 2.46. The lowest BCUT2D eigenvalue weighted by Crippen LogP contribution is -1.90. The van der Waals surface area contributed by atoms with E-state index in [4.69, 9.17) is 0 Å². The van der Waals surface area contributed by atoms with E-state index >= 15 is 0 Å². The van der Waals surface area contributed by atoms with Crippen molar-refractivity contribution in [3.8, 4) is 48.6 Å². The molecule has 0 N–H and O–H groups in total. The van der Waals surface area contributed by atoms with Gasteiger partial charge in [0, 0.05) is 54.1 Å². The van der Waals surface area contributed by atoms with Gasteiger partial charge < -0.3 is 0 Å². The fourth-order valence-corrected chi connectivity index (χ4v) is 17.7. The van der Waals surface area contributed by atoms with Crippen molar-refractivity contribution in [2.75, 3.05) is 0 Å². The lowest BCUT2D eigenvalue weighted by atomic mass is 9.88. The minimum atomic E-state index is 0.382. The van der Waals surface area contributed by atoms with Crippen molar-refractivity contribution in [1.29, 1.82) is 42.1 Å². The van der Waals surface area contributed by atoms with E-state index in [1.807, 2.05) is 115 Å². The van der Waals surface area contributed by atoms with E-state index in [9.17, 15) is 42.1 Å². The molecule has 111 heavy (non-hydrogen) atoms. The molecule has 504 valence electrons. The molecule has 0 unspecified atom stereocenters. The Bertz CT molecular complexity index is 7810. The highest BCUT2D eigenvalue weighted by atomic mass is 32.1. The van der Waals surface area contributed by atoms with Gasteiger partial charge in [0.1, 0.15) is 48.6 Å². The maximum atomic E-state index is 9.73. The monoisotopic (exact) mass is 1420 g/mol. The van der Waals surface area contributed by atoms with Gasteiger partial charge in [-0.2, -0.15) is 42.1 Å². The van der Waals surface area contributed by atoms with Gasteiger partial charge in [-0.05, 0) is 255 Å². The van der Waals surface area contributed by atoms with Crippen molar-refractivity contribution in [3.05, 3.63) is 336 Å². The summed E-state index contributed by atoms with van der Waals surface area (Å²) < 4.78 is 2.50. The van der Waals surface area contributed by atoms with Gasteiger partial charge in [-0.25, -0.2) is 0 Å². The SMILES string of the molecule is N#Cc1cc2c(cc1C#N)c1cccnc1c1cc3ccccc3cc21.N#Cc1cc2c3cc4ccccc4cc3c3cccnc3c2cc1C#N.N#Cc1cc2c3cc4sc5ccccc5c4cc3c3ccc4ccccc4c3c2cc1C#N.N#Cc1cc2c3ccccc3c3cc4ccccc4cc3c2cc1C#N. The van der Waals surface area contributed by atoms with Crippen molar-refractivity contribution in [3.63, 3.8) is 0 Å². The molecular formula is C100H48N10S. The van der Waals surface area contributed by atoms with E-state index in [0.717, 1.165) is 140 Å². The van der Waals surface area contributed by atoms with Crippen LogP contribution in [-0.2, 0) is 0 Å². The predicted molar refractivity (Wildman–Crippen MR) is 452 cm³/mol. The Kier molecular flexibility index (Phi) is 15.6. The second kappa shape index (κ2) is 26.4. The summed E-state index contributed by atoms with van der Waals surface area (Å²) in [5, 5.41) is 111. The minimum Gasteiger partial charge on any atom is -0.256 e. The van der Waals surface area contributed by atoms with Crippen LogP contribution >= 0.6 is 11.3 Å². The first-order chi connectivity index (χ1) is 54.7. The Morgan fingerprint density at radius 2 is 0.459 bits per heavy atom. The third-order valence-electron chi connectivity index (χ3n) is 21.6. The molecule has 3 heterocycles. The molecule has 22 aromatic rings. The van der Waals surface area contributed by atoms with Crippen molar-refractivity contribution >= 4 is 204 Å². The van der Waals surface area contributed by atoms with Crippen molar-refractivity contribution in [1.82, 2.24) is 9.97 Å². The molecule has 11 heteroatoms. The van der Waals surface area contributed by atoms with Gasteiger partial charge in [-0.1, -0.05) is 164 Å². The zero-order valence-corrected chi connectivity index (χ0v) is 59.4. The Morgan fingerprint density at radius 1 is 0.180 bits per heavy atom. The maximum absolute atomic E-state index is 9.73.